The van der Waals surface area contributed by atoms with Crippen LogP contribution in [0.3, 0.4) is 0 Å². The molecule has 11 heteroatoms. The van der Waals surface area contributed by atoms with E-state index in [0.29, 0.717) is 26.2 Å². The van der Waals surface area contributed by atoms with Crippen LogP contribution in [0, 0.1) is 0 Å². The van der Waals surface area contributed by atoms with Crippen LogP contribution in [0.4, 0.5) is 0 Å². The molecule has 262 valence electrons. The fourth-order valence-electron chi connectivity index (χ4n) is 4.33. The van der Waals surface area contributed by atoms with Gasteiger partial charge in [0.1, 0.15) is 22.4 Å². The fraction of sp³-hybridized carbons (Fsp3) is 0.714. The second-order valence-corrected chi connectivity index (χ2v) is 15.5. The first kappa shape index (κ1) is 41.0. The molecule has 0 amide bonds. The molecule has 0 saturated heterocycles. The minimum atomic E-state index is -0.687. The normalized spacial score (nSPS) is 12.8. The van der Waals surface area contributed by atoms with E-state index in [2.05, 4.69) is 0 Å². The number of hydrogen-bond acceptors (Lipinski definition) is 11. The molecule has 1 rings (SSSR count). The monoisotopic (exact) mass is 649 g/mol. The maximum atomic E-state index is 12.9. The Bertz CT molecular complexity index is 1080. The van der Waals surface area contributed by atoms with Gasteiger partial charge >= 0.3 is 23.9 Å². The van der Waals surface area contributed by atoms with Crippen molar-refractivity contribution >= 4 is 23.9 Å². The highest BCUT2D eigenvalue weighted by atomic mass is 16.6. The topological polar surface area (TPSA) is 115 Å². The van der Waals surface area contributed by atoms with E-state index in [1.807, 2.05) is 60.9 Å². The number of rotatable bonds is 16. The van der Waals surface area contributed by atoms with Crippen molar-refractivity contribution in [2.24, 2.45) is 0 Å². The van der Waals surface area contributed by atoms with Gasteiger partial charge in [0.2, 0.25) is 0 Å². The van der Waals surface area contributed by atoms with Gasteiger partial charge < -0.3 is 18.9 Å². The highest BCUT2D eigenvalue weighted by molar-refractivity contribution is 5.75. The van der Waals surface area contributed by atoms with Crippen molar-refractivity contribution < 1.29 is 38.1 Å². The summed E-state index contributed by atoms with van der Waals surface area (Å²) in [5.41, 5.74) is -1.63. The van der Waals surface area contributed by atoms with Crippen LogP contribution >= 0.6 is 0 Å². The molecule has 0 bridgehead atoms. The minimum Gasteiger partial charge on any atom is -0.459 e. The van der Waals surface area contributed by atoms with Crippen molar-refractivity contribution in [1.82, 2.24) is 14.7 Å². The molecule has 0 fully saturated rings. The molecule has 46 heavy (non-hydrogen) atoms. The number of esters is 4. The highest BCUT2D eigenvalue weighted by Gasteiger charge is 2.26. The third-order valence-corrected chi connectivity index (χ3v) is 5.80. The Kier molecular flexibility index (Phi) is 15.8. The van der Waals surface area contributed by atoms with E-state index in [9.17, 15) is 19.2 Å². The molecule has 0 aromatic heterocycles. The zero-order valence-electron chi connectivity index (χ0n) is 30.4. The van der Waals surface area contributed by atoms with E-state index in [4.69, 9.17) is 18.9 Å². The first-order chi connectivity index (χ1) is 20.9. The van der Waals surface area contributed by atoms with Gasteiger partial charge in [-0.1, -0.05) is 30.3 Å². The van der Waals surface area contributed by atoms with Gasteiger partial charge in [-0.3, -0.25) is 33.9 Å². The predicted octanol–water partition coefficient (Wildman–Crippen LogP) is 4.46. The van der Waals surface area contributed by atoms with Crippen molar-refractivity contribution in [3.63, 3.8) is 0 Å². The first-order valence-electron chi connectivity index (χ1n) is 16.0. The number of benzene rings is 1. The van der Waals surface area contributed by atoms with E-state index in [1.54, 1.807) is 67.2 Å². The Morgan fingerprint density at radius 3 is 1.09 bits per heavy atom. The third-order valence-electron chi connectivity index (χ3n) is 5.80. The number of carbonyl (C=O) groups excluding carboxylic acids is 4. The molecule has 1 aromatic carbocycles. The zero-order chi connectivity index (χ0) is 35.3. The predicted molar refractivity (Wildman–Crippen MR) is 178 cm³/mol. The van der Waals surface area contributed by atoms with Gasteiger partial charge in [0.25, 0.3) is 0 Å². The molecule has 0 heterocycles. The van der Waals surface area contributed by atoms with Crippen molar-refractivity contribution in [3.8, 4) is 0 Å². The van der Waals surface area contributed by atoms with Crippen LogP contribution < -0.4 is 0 Å². The first-order valence-corrected chi connectivity index (χ1v) is 16.0. The molecule has 11 nitrogen and oxygen atoms in total. The van der Waals surface area contributed by atoms with Gasteiger partial charge in [0.05, 0.1) is 26.2 Å². The second kappa shape index (κ2) is 17.8. The van der Waals surface area contributed by atoms with Crippen molar-refractivity contribution in [3.05, 3.63) is 35.9 Å². The van der Waals surface area contributed by atoms with Crippen molar-refractivity contribution in [2.45, 2.75) is 112 Å². The molecule has 0 unspecified atom stereocenters. The SMILES string of the molecule is CC(C)(C)OC(=O)CN(CCN(CC(=O)OC(C)(C)C)CC(=O)OC(C)(C)C)CCN(CC(=O)OC(C)(C)C)Cc1ccccc1. The molecular weight excluding hydrogens is 590 g/mol. The lowest BCUT2D eigenvalue weighted by Gasteiger charge is -2.31. The van der Waals surface area contributed by atoms with Gasteiger partial charge in [-0.2, -0.15) is 0 Å². The summed E-state index contributed by atoms with van der Waals surface area (Å²) < 4.78 is 22.2. The standard InChI is InChI=1S/C35H59N3O8/c1-32(2,3)43-28(39)23-36(18-20-37(22-27-16-14-13-15-17-27)24-29(40)44-33(4,5)6)19-21-38(25-30(41)45-34(7,8)9)26-31(42)46-35(10,11)12/h13-17H,18-26H2,1-12H3. The molecular formula is C35H59N3O8. The molecule has 0 radical (unpaired) electrons. The second-order valence-electron chi connectivity index (χ2n) is 15.5. The maximum absolute atomic E-state index is 12.9. The summed E-state index contributed by atoms with van der Waals surface area (Å²) in [7, 11) is 0. The van der Waals surface area contributed by atoms with Crippen molar-refractivity contribution in [2.75, 3.05) is 52.4 Å². The quantitative estimate of drug-likeness (QED) is 0.187. The van der Waals surface area contributed by atoms with Crippen molar-refractivity contribution in [1.29, 1.82) is 0 Å². The summed E-state index contributed by atoms with van der Waals surface area (Å²) in [5.74, 6) is -1.69. The zero-order valence-corrected chi connectivity index (χ0v) is 30.4. The largest absolute Gasteiger partial charge is 0.459 e. The summed E-state index contributed by atoms with van der Waals surface area (Å²) in [6.45, 7) is 23.3. The Morgan fingerprint density at radius 2 is 0.739 bits per heavy atom. The van der Waals surface area contributed by atoms with Crippen LogP contribution in [-0.4, -0.2) is 113 Å². The van der Waals surface area contributed by atoms with Gasteiger partial charge in [-0.15, -0.1) is 0 Å². The molecule has 0 atom stereocenters. The van der Waals surface area contributed by atoms with E-state index in [-0.39, 0.29) is 38.7 Å². The summed E-state index contributed by atoms with van der Waals surface area (Å²) in [6, 6.07) is 9.81. The number of hydrogen-bond donors (Lipinski definition) is 0. The van der Waals surface area contributed by atoms with Crippen LogP contribution in [0.5, 0.6) is 0 Å². The highest BCUT2D eigenvalue weighted by Crippen LogP contribution is 2.13. The van der Waals surface area contributed by atoms with E-state index in [0.717, 1.165) is 5.56 Å². The fourth-order valence-corrected chi connectivity index (χ4v) is 4.33. The van der Waals surface area contributed by atoms with E-state index >= 15 is 0 Å². The molecule has 0 aliphatic carbocycles. The lowest BCUT2D eigenvalue weighted by Crippen LogP contribution is -2.46. The van der Waals surface area contributed by atoms with Crippen LogP contribution in [0.15, 0.2) is 30.3 Å². The Labute approximate surface area is 276 Å². The van der Waals surface area contributed by atoms with Crippen LogP contribution in [0.25, 0.3) is 0 Å². The minimum absolute atomic E-state index is 0.0183. The summed E-state index contributed by atoms with van der Waals surface area (Å²) >= 11 is 0. The van der Waals surface area contributed by atoms with Gasteiger partial charge in [0.15, 0.2) is 0 Å². The molecule has 0 aliphatic rings. The lowest BCUT2D eigenvalue weighted by atomic mass is 10.2. The Hall–Kier alpha value is -3.02. The number of carbonyl (C=O) groups is 4. The summed E-state index contributed by atoms with van der Waals surface area (Å²) in [4.78, 5) is 56.8. The lowest BCUT2D eigenvalue weighted by molar-refractivity contribution is -0.161. The number of ether oxygens (including phenoxy) is 4. The van der Waals surface area contributed by atoms with E-state index in [1.165, 1.54) is 0 Å². The Morgan fingerprint density at radius 1 is 0.457 bits per heavy atom. The average Bonchev–Trinajstić information content (AvgIpc) is 2.81. The smallest absolute Gasteiger partial charge is 0.320 e. The summed E-state index contributed by atoms with van der Waals surface area (Å²) in [5, 5.41) is 0. The van der Waals surface area contributed by atoms with Crippen LogP contribution in [-0.2, 0) is 44.7 Å². The van der Waals surface area contributed by atoms with Crippen LogP contribution in [0.2, 0.25) is 0 Å². The molecule has 0 N–H and O–H groups in total. The molecule has 0 spiro atoms. The van der Waals surface area contributed by atoms with Crippen LogP contribution in [0.1, 0.15) is 88.6 Å². The molecule has 0 aliphatic heterocycles. The molecule has 0 saturated carbocycles. The third kappa shape index (κ3) is 21.7. The maximum Gasteiger partial charge on any atom is 0.320 e. The van der Waals surface area contributed by atoms with Gasteiger partial charge in [-0.25, -0.2) is 0 Å². The summed E-state index contributed by atoms with van der Waals surface area (Å²) in [6.07, 6.45) is 0. The Balaban J connectivity index is 3.18. The van der Waals surface area contributed by atoms with Gasteiger partial charge in [0, 0.05) is 32.7 Å². The number of nitrogens with zero attached hydrogens (tertiary/aromatic N) is 3. The van der Waals surface area contributed by atoms with Gasteiger partial charge in [-0.05, 0) is 88.6 Å². The molecule has 1 aromatic rings. The average molecular weight is 650 g/mol. The van der Waals surface area contributed by atoms with E-state index < -0.39 is 40.3 Å².